The normalized spacial score (nSPS) is 13.9. The van der Waals surface area contributed by atoms with Gasteiger partial charge in [-0.2, -0.15) is 5.11 Å². The lowest BCUT2D eigenvalue weighted by Crippen LogP contribution is -2.48. The molecule has 3 unspecified atom stereocenters. The molecule has 9 nitrogen and oxygen atoms in total. The average Bonchev–Trinajstić information content (AvgIpc) is 2.89. The van der Waals surface area contributed by atoms with Gasteiger partial charge in [0.2, 0.25) is 5.88 Å². The summed E-state index contributed by atoms with van der Waals surface area (Å²) in [5.41, 5.74) is 7.79. The number of azo groups is 1. The number of hydrogen-bond acceptors (Lipinski definition) is 7. The van der Waals surface area contributed by atoms with E-state index in [2.05, 4.69) is 48.2 Å². The summed E-state index contributed by atoms with van der Waals surface area (Å²) in [5.74, 6) is -0.198. The molecule has 5 N–H and O–H groups in total. The number of pyridine rings is 1. The fraction of sp³-hybridized carbons (Fsp3) is 0.586. The molecule has 0 fully saturated rings. The number of carbonyl (C=O) groups is 1. The van der Waals surface area contributed by atoms with Crippen molar-refractivity contribution in [3.05, 3.63) is 51.8 Å². The highest BCUT2D eigenvalue weighted by Gasteiger charge is 2.25. The highest BCUT2D eigenvalue weighted by molar-refractivity contribution is 5.95. The van der Waals surface area contributed by atoms with Crippen molar-refractivity contribution in [2.24, 2.45) is 21.9 Å². The number of aromatic hydroxyl groups is 1. The summed E-state index contributed by atoms with van der Waals surface area (Å²) in [6.07, 6.45) is 5.98. The Labute approximate surface area is 226 Å². The summed E-state index contributed by atoms with van der Waals surface area (Å²) < 4.78 is 0. The molecule has 3 atom stereocenters. The van der Waals surface area contributed by atoms with Crippen LogP contribution in [0.25, 0.3) is 0 Å². The van der Waals surface area contributed by atoms with Crippen LogP contribution in [0.4, 0.5) is 11.4 Å². The first-order valence-corrected chi connectivity index (χ1v) is 14.0. The zero-order chi connectivity index (χ0) is 28.1. The molecule has 9 heteroatoms. The van der Waals surface area contributed by atoms with Crippen LogP contribution in [0.1, 0.15) is 82.1 Å². The smallest absolute Gasteiger partial charge is 0.253 e. The molecule has 0 aliphatic rings. The summed E-state index contributed by atoms with van der Waals surface area (Å²) in [5, 5.41) is 22.0. The van der Waals surface area contributed by atoms with Crippen LogP contribution >= 0.6 is 0 Å². The first-order chi connectivity index (χ1) is 18.2. The third-order valence-corrected chi connectivity index (χ3v) is 6.94. The van der Waals surface area contributed by atoms with Gasteiger partial charge in [-0.25, -0.2) is 0 Å². The minimum Gasteiger partial charge on any atom is -0.493 e. The van der Waals surface area contributed by atoms with Crippen LogP contribution < -0.4 is 16.6 Å². The van der Waals surface area contributed by atoms with Crippen LogP contribution in [-0.4, -0.2) is 52.6 Å². The van der Waals surface area contributed by atoms with E-state index >= 15 is 0 Å². The van der Waals surface area contributed by atoms with Crippen LogP contribution in [0, 0.1) is 12.8 Å². The van der Waals surface area contributed by atoms with E-state index in [1.54, 1.807) is 31.2 Å². The molecule has 0 bridgehead atoms. The molecule has 2 rings (SSSR count). The highest BCUT2D eigenvalue weighted by atomic mass is 16.3. The third-order valence-electron chi connectivity index (χ3n) is 6.94. The standard InChI is InChI=1S/C29H46N6O3/c1-6-10-15-31-23(9-4)19-35(18-21(8-3)25(30)12-7-2)29(38)22-13-11-14-24(17-22)33-34-27-20(5)16-26(36)32-28(27)37/h11,13-14,16-17,21,23,25,31H,6-10,12,15,18-19,30H2,1-5H3,(H2,32,36,37)/b34-33-. The zero-order valence-corrected chi connectivity index (χ0v) is 23.7. The first-order valence-electron chi connectivity index (χ1n) is 14.0. The topological polar surface area (TPSA) is 136 Å². The molecule has 0 aliphatic heterocycles. The zero-order valence-electron chi connectivity index (χ0n) is 23.7. The van der Waals surface area contributed by atoms with Crippen LogP contribution in [0.15, 0.2) is 45.4 Å². The van der Waals surface area contributed by atoms with Crippen LogP contribution in [0.2, 0.25) is 0 Å². The van der Waals surface area contributed by atoms with Gasteiger partial charge in [-0.3, -0.25) is 14.6 Å². The lowest BCUT2D eigenvalue weighted by Gasteiger charge is -2.33. The van der Waals surface area contributed by atoms with Gasteiger partial charge < -0.3 is 21.1 Å². The number of nitrogens with zero attached hydrogens (tertiary/aromatic N) is 3. The Morgan fingerprint density at radius 2 is 1.87 bits per heavy atom. The number of aryl methyl sites for hydroxylation is 1. The molecule has 0 saturated heterocycles. The second kappa shape index (κ2) is 16.0. The SMILES string of the molecule is CCCCNC(CC)CN(CC(CC)C(N)CCC)C(=O)c1cccc(/N=N\c2c(C)cc(=O)[nH]c2O)c1. The van der Waals surface area contributed by atoms with Gasteiger partial charge in [-0.1, -0.05) is 53.0 Å². The second-order valence-electron chi connectivity index (χ2n) is 10.0. The summed E-state index contributed by atoms with van der Waals surface area (Å²) in [6, 6.07) is 8.59. The van der Waals surface area contributed by atoms with E-state index in [1.807, 2.05) is 4.90 Å². The van der Waals surface area contributed by atoms with E-state index in [0.29, 0.717) is 29.9 Å². The van der Waals surface area contributed by atoms with Gasteiger partial charge >= 0.3 is 0 Å². The molecule has 0 radical (unpaired) electrons. The lowest BCUT2D eigenvalue weighted by molar-refractivity contribution is 0.0695. The number of H-pyrrole nitrogens is 1. The largest absolute Gasteiger partial charge is 0.493 e. The first kappa shape index (κ1) is 31.2. The van der Waals surface area contributed by atoms with Gasteiger partial charge in [0.15, 0.2) is 0 Å². The fourth-order valence-electron chi connectivity index (χ4n) is 4.53. The average molecular weight is 527 g/mol. The molecule has 1 amide bonds. The molecule has 1 heterocycles. The highest BCUT2D eigenvalue weighted by Crippen LogP contribution is 2.28. The fourth-order valence-corrected chi connectivity index (χ4v) is 4.53. The Balaban J connectivity index is 2.32. The molecule has 210 valence electrons. The minimum atomic E-state index is -0.412. The Morgan fingerprint density at radius 1 is 1.11 bits per heavy atom. The van der Waals surface area contributed by atoms with Gasteiger partial charge in [-0.15, -0.1) is 5.11 Å². The molecule has 0 aliphatic carbocycles. The number of rotatable bonds is 16. The predicted molar refractivity (Wildman–Crippen MR) is 154 cm³/mol. The second-order valence-corrected chi connectivity index (χ2v) is 10.0. The number of nitrogens with one attached hydrogen (secondary N) is 2. The van der Waals surface area contributed by atoms with Gasteiger partial charge in [0.25, 0.3) is 11.5 Å². The maximum atomic E-state index is 13.8. The van der Waals surface area contributed by atoms with E-state index < -0.39 is 5.56 Å². The number of carbonyl (C=O) groups excluding carboxylic acids is 1. The number of hydrogen-bond donors (Lipinski definition) is 4. The van der Waals surface area contributed by atoms with E-state index in [1.165, 1.54) is 6.07 Å². The third kappa shape index (κ3) is 9.36. The molecular weight excluding hydrogens is 480 g/mol. The number of nitrogens with two attached hydrogens (primary N) is 1. The number of amides is 1. The van der Waals surface area contributed by atoms with Gasteiger partial charge in [0.1, 0.15) is 5.69 Å². The Hall–Kier alpha value is -3.04. The van der Waals surface area contributed by atoms with Crippen molar-refractivity contribution in [1.29, 1.82) is 0 Å². The van der Waals surface area contributed by atoms with Gasteiger partial charge in [0, 0.05) is 36.8 Å². The molecule has 1 aromatic heterocycles. The Kier molecular flexibility index (Phi) is 13.2. The lowest BCUT2D eigenvalue weighted by atomic mass is 9.93. The van der Waals surface area contributed by atoms with Crippen molar-refractivity contribution in [3.63, 3.8) is 0 Å². The van der Waals surface area contributed by atoms with Crippen molar-refractivity contribution in [2.45, 2.75) is 85.2 Å². The van der Waals surface area contributed by atoms with E-state index in [9.17, 15) is 14.7 Å². The van der Waals surface area contributed by atoms with Crippen LogP contribution in [0.3, 0.4) is 0 Å². The van der Waals surface area contributed by atoms with Gasteiger partial charge in [0.05, 0.1) is 5.69 Å². The van der Waals surface area contributed by atoms with Gasteiger partial charge in [-0.05, 0) is 62.4 Å². The molecule has 1 aromatic carbocycles. The van der Waals surface area contributed by atoms with Crippen LogP contribution in [0.5, 0.6) is 5.88 Å². The number of benzene rings is 1. The summed E-state index contributed by atoms with van der Waals surface area (Å²) >= 11 is 0. The maximum absolute atomic E-state index is 13.8. The van der Waals surface area contributed by atoms with Crippen LogP contribution in [-0.2, 0) is 0 Å². The van der Waals surface area contributed by atoms with E-state index in [-0.39, 0.29) is 35.5 Å². The maximum Gasteiger partial charge on any atom is 0.253 e. The van der Waals surface area contributed by atoms with Crippen molar-refractivity contribution in [2.75, 3.05) is 19.6 Å². The van der Waals surface area contributed by atoms with E-state index in [0.717, 1.165) is 45.1 Å². The molecule has 0 spiro atoms. The Morgan fingerprint density at radius 3 is 2.50 bits per heavy atom. The monoisotopic (exact) mass is 526 g/mol. The number of aromatic amines is 1. The molecule has 0 saturated carbocycles. The Bertz CT molecular complexity index is 1070. The summed E-state index contributed by atoms with van der Waals surface area (Å²) in [6.45, 7) is 12.4. The number of aromatic nitrogens is 1. The molecule has 38 heavy (non-hydrogen) atoms. The minimum absolute atomic E-state index is 0.0433. The molecule has 2 aromatic rings. The molecular formula is C29H46N6O3. The number of unbranched alkanes of at least 4 members (excludes halogenated alkanes) is 1. The van der Waals surface area contributed by atoms with Crippen molar-refractivity contribution in [3.8, 4) is 5.88 Å². The van der Waals surface area contributed by atoms with Crippen molar-refractivity contribution >= 4 is 17.3 Å². The van der Waals surface area contributed by atoms with Crippen molar-refractivity contribution in [1.82, 2.24) is 15.2 Å². The van der Waals surface area contributed by atoms with E-state index in [4.69, 9.17) is 5.73 Å². The summed E-state index contributed by atoms with van der Waals surface area (Å²) in [7, 11) is 0. The quantitative estimate of drug-likeness (QED) is 0.167. The summed E-state index contributed by atoms with van der Waals surface area (Å²) in [4.78, 5) is 29.6. The van der Waals surface area contributed by atoms with Crippen molar-refractivity contribution < 1.29 is 9.90 Å². The predicted octanol–water partition coefficient (Wildman–Crippen LogP) is 5.57.